The summed E-state index contributed by atoms with van der Waals surface area (Å²) >= 11 is 0. The van der Waals surface area contributed by atoms with Gasteiger partial charge in [0.1, 0.15) is 17.3 Å². The summed E-state index contributed by atoms with van der Waals surface area (Å²) in [6, 6.07) is 0. The highest BCUT2D eigenvalue weighted by Crippen LogP contribution is 2.60. The number of esters is 1. The van der Waals surface area contributed by atoms with E-state index in [1.807, 2.05) is 20.8 Å². The topological polar surface area (TPSA) is 93.1 Å². The van der Waals surface area contributed by atoms with E-state index in [1.165, 1.54) is 0 Å². The molecule has 5 bridgehead atoms. The minimum absolute atomic E-state index is 0.00739. The van der Waals surface area contributed by atoms with Crippen LogP contribution in [0.4, 0.5) is 0 Å². The first kappa shape index (κ1) is 16.8. The van der Waals surface area contributed by atoms with Crippen LogP contribution in [0.3, 0.4) is 0 Å². The number of ether oxygens (including phenoxy) is 2. The van der Waals surface area contributed by atoms with Crippen LogP contribution in [0.5, 0.6) is 0 Å². The molecule has 1 spiro atoms. The molecule has 3 aliphatic heterocycles. The second-order valence-corrected chi connectivity index (χ2v) is 8.16. The maximum absolute atomic E-state index is 12.7. The molecule has 2 aliphatic carbocycles. The van der Waals surface area contributed by atoms with Crippen molar-refractivity contribution in [2.45, 2.75) is 63.4 Å². The van der Waals surface area contributed by atoms with Gasteiger partial charge in [-0.05, 0) is 19.3 Å². The van der Waals surface area contributed by atoms with Crippen molar-refractivity contribution in [1.82, 2.24) is 0 Å². The van der Waals surface area contributed by atoms with Gasteiger partial charge in [0, 0.05) is 18.8 Å². The van der Waals surface area contributed by atoms with Gasteiger partial charge in [0.15, 0.2) is 17.1 Å². The number of aliphatic hydroxyl groups excluding tert-OH is 2. The second kappa shape index (κ2) is 5.17. The molecule has 3 heterocycles. The summed E-state index contributed by atoms with van der Waals surface area (Å²) in [5.74, 6) is -1.40. The third kappa shape index (κ3) is 2.04. The molecule has 0 aromatic heterocycles. The molecular weight excluding hydrogens is 324 g/mol. The summed E-state index contributed by atoms with van der Waals surface area (Å²) in [5.41, 5.74) is -2.06. The van der Waals surface area contributed by atoms with Crippen LogP contribution in [0.2, 0.25) is 0 Å². The summed E-state index contributed by atoms with van der Waals surface area (Å²) in [4.78, 5) is 25.2. The Hall–Kier alpha value is -1.66. The van der Waals surface area contributed by atoms with E-state index in [2.05, 4.69) is 0 Å². The molecule has 136 valence electrons. The highest BCUT2D eigenvalue weighted by atomic mass is 16.6. The molecule has 0 aromatic rings. The van der Waals surface area contributed by atoms with Gasteiger partial charge in [0.25, 0.3) is 0 Å². The zero-order chi connectivity index (χ0) is 18.1. The van der Waals surface area contributed by atoms with E-state index < -0.39 is 35.3 Å². The van der Waals surface area contributed by atoms with Crippen molar-refractivity contribution >= 4 is 11.8 Å². The molecule has 3 fully saturated rings. The summed E-state index contributed by atoms with van der Waals surface area (Å²) in [6.07, 6.45) is 2.87. The van der Waals surface area contributed by atoms with Gasteiger partial charge in [-0.1, -0.05) is 26.0 Å². The largest absolute Gasteiger partial charge is 0.484 e. The van der Waals surface area contributed by atoms with E-state index >= 15 is 0 Å². The van der Waals surface area contributed by atoms with Crippen LogP contribution in [-0.2, 0) is 19.1 Å². The number of ketones is 1. The third-order valence-electron chi connectivity index (χ3n) is 6.67. The van der Waals surface area contributed by atoms with Crippen molar-refractivity contribution < 1.29 is 29.3 Å². The van der Waals surface area contributed by atoms with E-state index in [4.69, 9.17) is 9.47 Å². The minimum Gasteiger partial charge on any atom is -0.484 e. The summed E-state index contributed by atoms with van der Waals surface area (Å²) in [7, 11) is 0. The number of hydrogen-bond donors (Lipinski definition) is 2. The first-order valence-electron chi connectivity index (χ1n) is 8.95. The molecule has 6 heteroatoms. The third-order valence-corrected chi connectivity index (χ3v) is 6.67. The van der Waals surface area contributed by atoms with Gasteiger partial charge in [-0.3, -0.25) is 4.79 Å². The number of rotatable bonds is 0. The number of aliphatic hydroxyl groups is 2. The van der Waals surface area contributed by atoms with E-state index in [9.17, 15) is 19.8 Å². The monoisotopic (exact) mass is 348 g/mol. The number of fused-ring (bicyclic) bond motifs is 1. The Kier molecular flexibility index (Phi) is 3.48. The van der Waals surface area contributed by atoms with E-state index in [0.29, 0.717) is 12.8 Å². The fraction of sp³-hybridized carbons (Fsp3) is 0.684. The lowest BCUT2D eigenvalue weighted by atomic mass is 9.59. The quantitative estimate of drug-likeness (QED) is 0.389. The van der Waals surface area contributed by atoms with E-state index in [1.54, 1.807) is 12.2 Å². The number of hydrogen-bond acceptors (Lipinski definition) is 6. The fourth-order valence-electron chi connectivity index (χ4n) is 4.71. The molecule has 2 saturated heterocycles. The highest BCUT2D eigenvalue weighted by Gasteiger charge is 2.70. The molecule has 1 saturated carbocycles. The Morgan fingerprint density at radius 2 is 1.88 bits per heavy atom. The van der Waals surface area contributed by atoms with E-state index in [0.717, 1.165) is 0 Å². The molecular formula is C19H24O6. The van der Waals surface area contributed by atoms with Crippen molar-refractivity contribution in [3.8, 4) is 0 Å². The number of carbonyl (C=O) groups excluding carboxylic acids is 2. The normalized spacial score (nSPS) is 50.2. The Bertz CT molecular complexity index is 709. The number of carbonyl (C=O) groups is 2. The van der Waals surface area contributed by atoms with Crippen LogP contribution in [0, 0.1) is 17.8 Å². The van der Waals surface area contributed by atoms with Crippen LogP contribution >= 0.6 is 0 Å². The molecule has 0 aromatic carbocycles. The number of Topliss-reactive ketones (excluding diaryl/α,β-unsaturated/α-hetero) is 1. The average Bonchev–Trinajstić information content (AvgIpc) is 2.82. The zero-order valence-corrected chi connectivity index (χ0v) is 14.7. The van der Waals surface area contributed by atoms with Crippen LogP contribution in [-0.4, -0.2) is 45.4 Å². The van der Waals surface area contributed by atoms with Crippen molar-refractivity contribution in [2.75, 3.05) is 0 Å². The van der Waals surface area contributed by atoms with Crippen LogP contribution < -0.4 is 0 Å². The summed E-state index contributed by atoms with van der Waals surface area (Å²) in [5, 5.41) is 21.3. The second-order valence-electron chi connectivity index (χ2n) is 8.16. The molecule has 25 heavy (non-hydrogen) atoms. The van der Waals surface area contributed by atoms with Crippen molar-refractivity contribution in [3.63, 3.8) is 0 Å². The predicted octanol–water partition coefficient (Wildman–Crippen LogP) is 1.26. The first-order chi connectivity index (χ1) is 11.7. The molecule has 6 nitrogen and oxygen atoms in total. The van der Waals surface area contributed by atoms with Gasteiger partial charge < -0.3 is 19.7 Å². The maximum atomic E-state index is 12.7. The molecule has 0 amide bonds. The molecule has 2 N–H and O–H groups in total. The SMILES string of the molecule is C[C@@H]1CCC(=O)C2=C3OC4(C)[C@H](C)CC3(OC2=O)[C@H](/C=C/[C@H]1O)[C@H]4O. The molecule has 0 radical (unpaired) electrons. The Balaban J connectivity index is 1.93. The minimum atomic E-state index is -1.15. The van der Waals surface area contributed by atoms with Crippen LogP contribution in [0.15, 0.2) is 23.5 Å². The lowest BCUT2D eigenvalue weighted by molar-refractivity contribution is -0.262. The van der Waals surface area contributed by atoms with Gasteiger partial charge >= 0.3 is 5.97 Å². The summed E-state index contributed by atoms with van der Waals surface area (Å²) < 4.78 is 11.8. The molecule has 2 unspecified atom stereocenters. The van der Waals surface area contributed by atoms with Crippen molar-refractivity contribution in [2.24, 2.45) is 17.8 Å². The van der Waals surface area contributed by atoms with Crippen molar-refractivity contribution in [1.29, 1.82) is 0 Å². The van der Waals surface area contributed by atoms with Crippen LogP contribution in [0.1, 0.15) is 40.0 Å². The Morgan fingerprint density at radius 1 is 1.16 bits per heavy atom. The zero-order valence-electron chi connectivity index (χ0n) is 14.7. The standard InChI is InChI=1S/C19H24O6/c1-9-4-6-13(21)14-16-19(25-17(14)23)8-10(2)18(3,24-16)15(22)11(19)5-7-12(9)20/h5,7,9-12,15,20,22H,4,6,8H2,1-3H3/b7-5+/t9-,10-,11-,12-,15-,18?,19?/m1/s1. The van der Waals surface area contributed by atoms with Crippen LogP contribution in [0.25, 0.3) is 0 Å². The van der Waals surface area contributed by atoms with Gasteiger partial charge in [-0.15, -0.1) is 0 Å². The van der Waals surface area contributed by atoms with E-state index in [-0.39, 0.29) is 35.4 Å². The van der Waals surface area contributed by atoms with Gasteiger partial charge in [0.05, 0.1) is 12.0 Å². The lowest BCUT2D eigenvalue weighted by Gasteiger charge is -2.59. The lowest BCUT2D eigenvalue weighted by Crippen LogP contribution is -2.69. The first-order valence-corrected chi connectivity index (χ1v) is 8.95. The smallest absolute Gasteiger partial charge is 0.346 e. The Labute approximate surface area is 146 Å². The predicted molar refractivity (Wildman–Crippen MR) is 87.2 cm³/mol. The van der Waals surface area contributed by atoms with Gasteiger partial charge in [-0.2, -0.15) is 0 Å². The summed E-state index contributed by atoms with van der Waals surface area (Å²) in [6.45, 7) is 5.62. The maximum Gasteiger partial charge on any atom is 0.346 e. The molecule has 5 rings (SSSR count). The highest BCUT2D eigenvalue weighted by molar-refractivity contribution is 6.19. The van der Waals surface area contributed by atoms with Crippen molar-refractivity contribution in [3.05, 3.63) is 23.5 Å². The fourth-order valence-corrected chi connectivity index (χ4v) is 4.71. The molecule has 7 atom stereocenters. The van der Waals surface area contributed by atoms with Gasteiger partial charge in [0.2, 0.25) is 0 Å². The molecule has 5 aliphatic rings. The van der Waals surface area contributed by atoms with Gasteiger partial charge in [-0.25, -0.2) is 4.79 Å². The average molecular weight is 348 g/mol. The Morgan fingerprint density at radius 3 is 2.60 bits per heavy atom.